The number of aryl methyl sites for hydroxylation is 1. The summed E-state index contributed by atoms with van der Waals surface area (Å²) in [6.45, 7) is 2.63. The Balaban J connectivity index is 1.42. The van der Waals surface area contributed by atoms with Crippen LogP contribution in [-0.4, -0.2) is 24.5 Å². The van der Waals surface area contributed by atoms with E-state index >= 15 is 0 Å². The predicted octanol–water partition coefficient (Wildman–Crippen LogP) is 3.19. The Morgan fingerprint density at radius 3 is 2.68 bits per heavy atom. The Bertz CT molecular complexity index is 1100. The molecule has 0 saturated carbocycles. The van der Waals surface area contributed by atoms with Gasteiger partial charge in [-0.2, -0.15) is 0 Å². The van der Waals surface area contributed by atoms with Crippen LogP contribution in [0.1, 0.15) is 18.2 Å². The lowest BCUT2D eigenvalue weighted by molar-refractivity contribution is 0.985. The van der Waals surface area contributed by atoms with Gasteiger partial charge in [0.15, 0.2) is 0 Å². The summed E-state index contributed by atoms with van der Waals surface area (Å²) < 4.78 is 1.96. The molecule has 0 unspecified atom stereocenters. The van der Waals surface area contributed by atoms with Gasteiger partial charge in [0, 0.05) is 48.1 Å². The van der Waals surface area contributed by atoms with Gasteiger partial charge in [0.1, 0.15) is 11.6 Å². The molecule has 0 radical (unpaired) electrons. The number of benzene rings is 1. The largest absolute Gasteiger partial charge is 0.366 e. The summed E-state index contributed by atoms with van der Waals surface area (Å²) >= 11 is 0. The zero-order valence-corrected chi connectivity index (χ0v) is 15.5. The summed E-state index contributed by atoms with van der Waals surface area (Å²) in [6, 6.07) is 13.5. The lowest BCUT2D eigenvalue weighted by atomic mass is 10.2. The second-order valence-electron chi connectivity index (χ2n) is 6.36. The van der Waals surface area contributed by atoms with Gasteiger partial charge in [0.2, 0.25) is 0 Å². The molecule has 4 rings (SSSR count). The first kappa shape index (κ1) is 17.7. The Kier molecular flexibility index (Phi) is 4.97. The highest BCUT2D eigenvalue weighted by molar-refractivity contribution is 5.56. The number of nitrogens with one attached hydrogen (secondary N) is 2. The van der Waals surface area contributed by atoms with Gasteiger partial charge < -0.3 is 14.9 Å². The maximum absolute atomic E-state index is 11.7. The molecule has 4 aromatic rings. The molecule has 3 heterocycles. The summed E-state index contributed by atoms with van der Waals surface area (Å²) in [7, 11) is 0. The van der Waals surface area contributed by atoms with Crippen LogP contribution >= 0.6 is 0 Å². The van der Waals surface area contributed by atoms with E-state index in [0.29, 0.717) is 18.8 Å². The molecule has 140 valence electrons. The van der Waals surface area contributed by atoms with Gasteiger partial charge in [-0.05, 0) is 36.2 Å². The van der Waals surface area contributed by atoms with Crippen molar-refractivity contribution in [2.45, 2.75) is 19.9 Å². The average Bonchev–Trinajstić information content (AvgIpc) is 3.27. The molecule has 7 nitrogen and oxygen atoms in total. The van der Waals surface area contributed by atoms with Crippen LogP contribution in [-0.2, 0) is 13.0 Å². The fourth-order valence-corrected chi connectivity index (χ4v) is 2.85. The number of aromatic amines is 1. The van der Waals surface area contributed by atoms with E-state index < -0.39 is 0 Å². The fraction of sp³-hybridized carbons (Fsp3) is 0.143. The molecule has 0 aliphatic carbocycles. The molecule has 0 spiro atoms. The van der Waals surface area contributed by atoms with E-state index in [-0.39, 0.29) is 5.56 Å². The number of anilines is 1. The van der Waals surface area contributed by atoms with E-state index in [1.807, 2.05) is 29.8 Å². The van der Waals surface area contributed by atoms with Gasteiger partial charge in [0.25, 0.3) is 5.56 Å². The highest BCUT2D eigenvalue weighted by Crippen LogP contribution is 2.16. The van der Waals surface area contributed by atoms with Gasteiger partial charge in [-0.1, -0.05) is 19.1 Å². The molecule has 0 atom stereocenters. The minimum absolute atomic E-state index is 0.150. The molecule has 0 amide bonds. The van der Waals surface area contributed by atoms with Crippen molar-refractivity contribution in [1.82, 2.24) is 24.5 Å². The molecule has 7 heteroatoms. The van der Waals surface area contributed by atoms with Gasteiger partial charge >= 0.3 is 0 Å². The van der Waals surface area contributed by atoms with Crippen LogP contribution in [0.15, 0.2) is 72.2 Å². The molecule has 0 saturated heterocycles. The molecular formula is C21H20N6O. The van der Waals surface area contributed by atoms with E-state index in [1.54, 1.807) is 18.7 Å². The molecule has 0 aliphatic rings. The van der Waals surface area contributed by atoms with Crippen molar-refractivity contribution in [1.29, 1.82) is 0 Å². The van der Waals surface area contributed by atoms with Gasteiger partial charge in [0.05, 0.1) is 6.33 Å². The van der Waals surface area contributed by atoms with E-state index in [2.05, 4.69) is 49.5 Å². The van der Waals surface area contributed by atoms with E-state index in [9.17, 15) is 4.79 Å². The summed E-state index contributed by atoms with van der Waals surface area (Å²) in [5.41, 5.74) is 3.61. The Morgan fingerprint density at radius 2 is 2.00 bits per heavy atom. The fourth-order valence-electron chi connectivity index (χ4n) is 2.85. The number of imidazole rings is 1. The molecule has 28 heavy (non-hydrogen) atoms. The highest BCUT2D eigenvalue weighted by atomic mass is 16.1. The number of pyridine rings is 1. The van der Waals surface area contributed by atoms with Crippen molar-refractivity contribution in [2.24, 2.45) is 0 Å². The van der Waals surface area contributed by atoms with Crippen LogP contribution in [0.25, 0.3) is 17.1 Å². The maximum Gasteiger partial charge on any atom is 0.251 e. The minimum Gasteiger partial charge on any atom is -0.366 e. The lowest BCUT2D eigenvalue weighted by Gasteiger charge is -2.08. The molecular weight excluding hydrogens is 352 g/mol. The molecule has 0 bridgehead atoms. The zero-order chi connectivity index (χ0) is 19.3. The predicted molar refractivity (Wildman–Crippen MR) is 108 cm³/mol. The zero-order valence-electron chi connectivity index (χ0n) is 15.5. The number of H-pyrrole nitrogens is 1. The average molecular weight is 372 g/mol. The smallest absolute Gasteiger partial charge is 0.251 e. The van der Waals surface area contributed by atoms with Crippen LogP contribution in [0.2, 0.25) is 0 Å². The second-order valence-corrected chi connectivity index (χ2v) is 6.36. The Morgan fingerprint density at radius 1 is 1.14 bits per heavy atom. The Hall–Kier alpha value is -3.74. The molecule has 0 aliphatic heterocycles. The number of nitrogens with zero attached hydrogens (tertiary/aromatic N) is 4. The quantitative estimate of drug-likeness (QED) is 0.543. The molecule has 1 aromatic carbocycles. The third-order valence-electron chi connectivity index (χ3n) is 4.41. The summed E-state index contributed by atoms with van der Waals surface area (Å²) in [4.78, 5) is 27.4. The first-order valence-corrected chi connectivity index (χ1v) is 9.09. The van der Waals surface area contributed by atoms with Crippen LogP contribution < -0.4 is 10.9 Å². The summed E-state index contributed by atoms with van der Waals surface area (Å²) in [6.07, 6.45) is 7.87. The van der Waals surface area contributed by atoms with Crippen molar-refractivity contribution in [3.05, 3.63) is 89.0 Å². The van der Waals surface area contributed by atoms with E-state index in [1.165, 1.54) is 6.07 Å². The van der Waals surface area contributed by atoms with Crippen LogP contribution in [0, 0.1) is 0 Å². The number of aromatic nitrogens is 5. The normalized spacial score (nSPS) is 10.8. The topological polar surface area (TPSA) is 88.5 Å². The summed E-state index contributed by atoms with van der Waals surface area (Å²) in [5.74, 6) is 1.30. The van der Waals surface area contributed by atoms with Crippen molar-refractivity contribution in [2.75, 3.05) is 5.32 Å². The first-order chi connectivity index (χ1) is 13.7. The van der Waals surface area contributed by atoms with Crippen LogP contribution in [0.5, 0.6) is 0 Å². The van der Waals surface area contributed by atoms with E-state index in [4.69, 9.17) is 0 Å². The third-order valence-corrected chi connectivity index (χ3v) is 4.41. The second kappa shape index (κ2) is 7.87. The van der Waals surface area contributed by atoms with Gasteiger partial charge in [-0.15, -0.1) is 0 Å². The highest BCUT2D eigenvalue weighted by Gasteiger charge is 2.05. The van der Waals surface area contributed by atoms with Gasteiger partial charge in [-0.25, -0.2) is 15.0 Å². The monoisotopic (exact) mass is 372 g/mol. The van der Waals surface area contributed by atoms with Gasteiger partial charge in [-0.3, -0.25) is 4.79 Å². The minimum atomic E-state index is -0.150. The van der Waals surface area contributed by atoms with E-state index in [0.717, 1.165) is 28.3 Å². The summed E-state index contributed by atoms with van der Waals surface area (Å²) in [5, 5.41) is 3.31. The molecule has 2 N–H and O–H groups in total. The lowest BCUT2D eigenvalue weighted by Crippen LogP contribution is -2.10. The molecule has 0 fully saturated rings. The standard InChI is InChI=1S/C21H20N6O/c1-2-17-11-20(28)26-21(25-17)16-5-8-19(24-13-16)23-12-15-3-6-18(7-4-15)27-10-9-22-14-27/h3-11,13-14H,2,12H2,1H3,(H,23,24)(H,25,26,28). The SMILES string of the molecule is CCc1cc(=O)[nH]c(-c2ccc(NCc3ccc(-n4ccnc4)cc3)nc2)n1. The van der Waals surface area contributed by atoms with Crippen molar-refractivity contribution >= 4 is 5.82 Å². The number of hydrogen-bond acceptors (Lipinski definition) is 5. The maximum atomic E-state index is 11.7. The van der Waals surface area contributed by atoms with Crippen molar-refractivity contribution in [3.8, 4) is 17.1 Å². The number of hydrogen-bond donors (Lipinski definition) is 2. The first-order valence-electron chi connectivity index (χ1n) is 9.09. The Labute approximate surface area is 162 Å². The van der Waals surface area contributed by atoms with Crippen LogP contribution in [0.4, 0.5) is 5.82 Å². The molecule has 3 aromatic heterocycles. The third kappa shape index (κ3) is 3.98. The van der Waals surface area contributed by atoms with Crippen LogP contribution in [0.3, 0.4) is 0 Å². The van der Waals surface area contributed by atoms with Crippen molar-refractivity contribution < 1.29 is 0 Å². The number of rotatable bonds is 6. The van der Waals surface area contributed by atoms with Crippen molar-refractivity contribution in [3.63, 3.8) is 0 Å².